The summed E-state index contributed by atoms with van der Waals surface area (Å²) in [6.45, 7) is 0. The van der Waals surface area contributed by atoms with Gasteiger partial charge < -0.3 is 10.4 Å². The van der Waals surface area contributed by atoms with E-state index in [0.717, 1.165) is 22.9 Å². The quantitative estimate of drug-likeness (QED) is 0.855. The van der Waals surface area contributed by atoms with Gasteiger partial charge in [-0.2, -0.15) is 0 Å². The highest BCUT2D eigenvalue weighted by atomic mass is 16.4. The van der Waals surface area contributed by atoms with Crippen LogP contribution in [0.15, 0.2) is 54.6 Å². The summed E-state index contributed by atoms with van der Waals surface area (Å²) >= 11 is 0. The largest absolute Gasteiger partial charge is 0.481 e. The molecule has 0 heterocycles. The van der Waals surface area contributed by atoms with E-state index < -0.39 is 17.8 Å². The van der Waals surface area contributed by atoms with Crippen LogP contribution < -0.4 is 5.32 Å². The van der Waals surface area contributed by atoms with E-state index in [1.54, 1.807) is 0 Å². The molecule has 1 amide bonds. The molecular weight excluding hydrogens is 290 g/mol. The number of nitrogens with one attached hydrogen (secondary N) is 1. The van der Waals surface area contributed by atoms with Crippen molar-refractivity contribution < 1.29 is 14.7 Å². The van der Waals surface area contributed by atoms with Crippen LogP contribution in [0.5, 0.6) is 0 Å². The molecule has 4 heteroatoms. The number of hydrogen-bond donors (Lipinski definition) is 2. The minimum atomic E-state index is -0.875. The summed E-state index contributed by atoms with van der Waals surface area (Å²) < 4.78 is 0. The average Bonchev–Trinajstić information content (AvgIpc) is 3.16. The van der Waals surface area contributed by atoms with Gasteiger partial charge in [-0.15, -0.1) is 0 Å². The molecule has 0 radical (unpaired) electrons. The normalized spacial score (nSPS) is 28.2. The highest BCUT2D eigenvalue weighted by Gasteiger charge is 2.51. The average molecular weight is 307 g/mol. The molecule has 2 aromatic rings. The molecule has 2 N–H and O–H groups in total. The maximum atomic E-state index is 12.8. The zero-order chi connectivity index (χ0) is 16.0. The van der Waals surface area contributed by atoms with Crippen molar-refractivity contribution in [2.75, 3.05) is 5.32 Å². The molecule has 116 valence electrons. The van der Waals surface area contributed by atoms with E-state index in [2.05, 4.69) is 5.32 Å². The number of allylic oxidation sites excluding steroid dienone is 2. The van der Waals surface area contributed by atoms with Crippen LogP contribution >= 0.6 is 0 Å². The van der Waals surface area contributed by atoms with E-state index in [0.29, 0.717) is 0 Å². The molecule has 1 saturated carbocycles. The Balaban J connectivity index is 1.65. The first-order chi connectivity index (χ1) is 11.1. The second kappa shape index (κ2) is 5.23. The van der Waals surface area contributed by atoms with Gasteiger partial charge in [-0.25, -0.2) is 0 Å². The summed E-state index contributed by atoms with van der Waals surface area (Å²) in [5.41, 5.74) is 0.740. The van der Waals surface area contributed by atoms with E-state index in [-0.39, 0.29) is 17.7 Å². The molecule has 2 bridgehead atoms. The van der Waals surface area contributed by atoms with Crippen molar-refractivity contribution in [2.45, 2.75) is 6.42 Å². The molecule has 2 aliphatic rings. The van der Waals surface area contributed by atoms with Gasteiger partial charge in [0.25, 0.3) is 0 Å². The minimum Gasteiger partial charge on any atom is -0.481 e. The van der Waals surface area contributed by atoms with E-state index >= 15 is 0 Å². The Labute approximate surface area is 133 Å². The third-order valence-corrected chi connectivity index (χ3v) is 5.09. The summed E-state index contributed by atoms with van der Waals surface area (Å²) in [5.74, 6) is -2.14. The number of carboxylic acids is 1. The van der Waals surface area contributed by atoms with Gasteiger partial charge in [-0.3, -0.25) is 9.59 Å². The van der Waals surface area contributed by atoms with E-state index in [9.17, 15) is 14.7 Å². The van der Waals surface area contributed by atoms with Gasteiger partial charge in [0.15, 0.2) is 0 Å². The van der Waals surface area contributed by atoms with Gasteiger partial charge in [0, 0.05) is 11.1 Å². The number of carbonyl (C=O) groups excluding carboxylic acids is 1. The molecule has 2 aliphatic carbocycles. The lowest BCUT2D eigenvalue weighted by molar-refractivity contribution is -0.146. The second-order valence-corrected chi connectivity index (χ2v) is 6.35. The summed E-state index contributed by atoms with van der Waals surface area (Å²) in [6.07, 6.45) is 4.72. The predicted octanol–water partition coefficient (Wildman–Crippen LogP) is 3.30. The number of benzene rings is 2. The van der Waals surface area contributed by atoms with Crippen LogP contribution in [0.1, 0.15) is 6.42 Å². The van der Waals surface area contributed by atoms with Crippen LogP contribution in [0.2, 0.25) is 0 Å². The fourth-order valence-corrected chi connectivity index (χ4v) is 4.07. The van der Waals surface area contributed by atoms with Gasteiger partial charge in [-0.1, -0.05) is 48.6 Å². The Morgan fingerprint density at radius 2 is 1.65 bits per heavy atom. The maximum absolute atomic E-state index is 12.8. The smallest absolute Gasteiger partial charge is 0.307 e. The van der Waals surface area contributed by atoms with Crippen LogP contribution in [-0.4, -0.2) is 17.0 Å². The molecule has 0 spiro atoms. The van der Waals surface area contributed by atoms with E-state index in [4.69, 9.17) is 0 Å². The molecule has 0 unspecified atom stereocenters. The molecular formula is C19H17NO3. The zero-order valence-electron chi connectivity index (χ0n) is 12.5. The highest BCUT2D eigenvalue weighted by Crippen LogP contribution is 2.48. The highest BCUT2D eigenvalue weighted by molar-refractivity contribution is 6.04. The van der Waals surface area contributed by atoms with Crippen molar-refractivity contribution in [1.29, 1.82) is 0 Å². The number of carbonyl (C=O) groups is 2. The fraction of sp³-hybridized carbons (Fsp3) is 0.263. The van der Waals surface area contributed by atoms with Crippen molar-refractivity contribution in [3.8, 4) is 0 Å². The van der Waals surface area contributed by atoms with Gasteiger partial charge in [0.2, 0.25) is 5.91 Å². The number of hydrogen-bond acceptors (Lipinski definition) is 2. The lowest BCUT2D eigenvalue weighted by Crippen LogP contribution is -2.36. The van der Waals surface area contributed by atoms with Gasteiger partial charge in [0.1, 0.15) is 0 Å². The van der Waals surface area contributed by atoms with Crippen LogP contribution in [0, 0.1) is 23.7 Å². The van der Waals surface area contributed by atoms with Crippen molar-refractivity contribution in [1.82, 2.24) is 0 Å². The molecule has 23 heavy (non-hydrogen) atoms. The van der Waals surface area contributed by atoms with Crippen molar-refractivity contribution >= 4 is 28.3 Å². The van der Waals surface area contributed by atoms with Crippen molar-refractivity contribution in [3.05, 3.63) is 54.6 Å². The van der Waals surface area contributed by atoms with E-state index in [1.165, 1.54) is 0 Å². The lowest BCUT2D eigenvalue weighted by Gasteiger charge is -2.24. The fourth-order valence-electron chi connectivity index (χ4n) is 4.07. The third-order valence-electron chi connectivity index (χ3n) is 5.09. The van der Waals surface area contributed by atoms with Gasteiger partial charge >= 0.3 is 5.97 Å². The number of carboxylic acid groups (broad SMARTS) is 1. The summed E-state index contributed by atoms with van der Waals surface area (Å²) in [6, 6.07) is 13.6. The molecule has 2 aromatic carbocycles. The standard InChI is InChI=1S/C19H17NO3/c21-18(16-12-8-9-13(10-12)17(16)19(22)23)20-15-7-3-5-11-4-1-2-6-14(11)15/h1-9,12-13,16-17H,10H2,(H,20,21)(H,22,23)/t12-,13+,16+,17-/m1/s1. The Bertz CT molecular complexity index is 821. The zero-order valence-corrected chi connectivity index (χ0v) is 12.5. The van der Waals surface area contributed by atoms with Gasteiger partial charge in [-0.05, 0) is 29.7 Å². The number of anilines is 1. The third kappa shape index (κ3) is 2.22. The Hall–Kier alpha value is -2.62. The molecule has 0 aromatic heterocycles. The molecule has 4 atom stereocenters. The number of fused-ring (bicyclic) bond motifs is 3. The summed E-state index contributed by atoms with van der Waals surface area (Å²) in [7, 11) is 0. The first-order valence-corrected chi connectivity index (χ1v) is 7.85. The molecule has 1 fully saturated rings. The van der Waals surface area contributed by atoms with Crippen LogP contribution in [0.3, 0.4) is 0 Å². The number of amides is 1. The Kier molecular flexibility index (Phi) is 3.18. The molecule has 0 saturated heterocycles. The van der Waals surface area contributed by atoms with Crippen LogP contribution in [0.25, 0.3) is 10.8 Å². The maximum Gasteiger partial charge on any atom is 0.307 e. The van der Waals surface area contributed by atoms with Crippen molar-refractivity contribution in [2.24, 2.45) is 23.7 Å². The van der Waals surface area contributed by atoms with Crippen LogP contribution in [0.4, 0.5) is 5.69 Å². The monoisotopic (exact) mass is 307 g/mol. The topological polar surface area (TPSA) is 66.4 Å². The first-order valence-electron chi connectivity index (χ1n) is 7.85. The van der Waals surface area contributed by atoms with E-state index in [1.807, 2.05) is 54.6 Å². The van der Waals surface area contributed by atoms with Crippen LogP contribution in [-0.2, 0) is 9.59 Å². The number of aliphatic carboxylic acids is 1. The Morgan fingerprint density at radius 1 is 0.957 bits per heavy atom. The van der Waals surface area contributed by atoms with Crippen molar-refractivity contribution in [3.63, 3.8) is 0 Å². The number of rotatable bonds is 3. The molecule has 4 rings (SSSR count). The molecule has 4 nitrogen and oxygen atoms in total. The summed E-state index contributed by atoms with van der Waals surface area (Å²) in [5, 5.41) is 14.5. The minimum absolute atomic E-state index is 0.0132. The Morgan fingerprint density at radius 3 is 2.43 bits per heavy atom. The molecule has 0 aliphatic heterocycles. The SMILES string of the molecule is O=C(Nc1cccc2ccccc12)[C@@H]1[C@H](C(=O)O)[C@H]2C=C[C@@H]1C2. The summed E-state index contributed by atoms with van der Waals surface area (Å²) in [4.78, 5) is 24.3. The second-order valence-electron chi connectivity index (χ2n) is 6.35. The van der Waals surface area contributed by atoms with Gasteiger partial charge in [0.05, 0.1) is 11.8 Å². The predicted molar refractivity (Wildman–Crippen MR) is 87.9 cm³/mol. The first kappa shape index (κ1) is 14.0. The lowest BCUT2D eigenvalue weighted by atomic mass is 9.82.